The Kier molecular flexibility index (Phi) is 5.22. The van der Waals surface area contributed by atoms with E-state index in [4.69, 9.17) is 13.7 Å². The van der Waals surface area contributed by atoms with E-state index in [1.807, 2.05) is 12.1 Å². The van der Waals surface area contributed by atoms with Gasteiger partial charge in [0.2, 0.25) is 5.88 Å². The van der Waals surface area contributed by atoms with Crippen LogP contribution in [0.25, 0.3) is 0 Å². The Balaban J connectivity index is 2.10. The first-order valence-corrected chi connectivity index (χ1v) is 8.39. The third-order valence-corrected chi connectivity index (χ3v) is 3.31. The second-order valence-corrected chi connectivity index (χ2v) is 6.14. The van der Waals surface area contributed by atoms with Gasteiger partial charge in [-0.2, -0.15) is 8.42 Å². The summed E-state index contributed by atoms with van der Waals surface area (Å²) in [6, 6.07) is 6.85. The fourth-order valence-electron chi connectivity index (χ4n) is 1.82. The molecule has 1 heterocycles. The van der Waals surface area contributed by atoms with Crippen LogP contribution >= 0.6 is 0 Å². The van der Waals surface area contributed by atoms with E-state index in [1.54, 1.807) is 20.3 Å². The van der Waals surface area contributed by atoms with Gasteiger partial charge >= 0.3 is 10.1 Å². The van der Waals surface area contributed by atoms with Crippen molar-refractivity contribution in [3.8, 4) is 17.4 Å². The quantitative estimate of drug-likeness (QED) is 0.757. The van der Waals surface area contributed by atoms with Crippen molar-refractivity contribution in [3.63, 3.8) is 0 Å². The van der Waals surface area contributed by atoms with Crippen LogP contribution in [0.2, 0.25) is 0 Å². The maximum Gasteiger partial charge on any atom is 0.307 e. The molecule has 2 aromatic rings. The molecule has 0 aliphatic carbocycles. The van der Waals surface area contributed by atoms with E-state index in [-0.39, 0.29) is 5.88 Å². The molecule has 9 heteroatoms. The summed E-state index contributed by atoms with van der Waals surface area (Å²) >= 11 is 0. The molecule has 0 unspecified atom stereocenters. The van der Waals surface area contributed by atoms with Crippen molar-refractivity contribution in [2.24, 2.45) is 0 Å². The number of benzene rings is 1. The maximum absolute atomic E-state index is 11.1. The predicted molar refractivity (Wildman–Crippen MR) is 84.4 cm³/mol. The van der Waals surface area contributed by atoms with Gasteiger partial charge in [-0.1, -0.05) is 0 Å². The zero-order chi connectivity index (χ0) is 16.9. The molecule has 1 aromatic heterocycles. The number of anilines is 1. The van der Waals surface area contributed by atoms with E-state index in [0.717, 1.165) is 11.8 Å². The average Bonchev–Trinajstić information content (AvgIpc) is 2.51. The molecule has 0 aliphatic rings. The number of nitrogens with one attached hydrogen (secondary N) is 1. The molecule has 8 nitrogen and oxygen atoms in total. The van der Waals surface area contributed by atoms with Crippen LogP contribution in [-0.2, 0) is 16.7 Å². The Morgan fingerprint density at radius 2 is 1.91 bits per heavy atom. The van der Waals surface area contributed by atoms with Gasteiger partial charge < -0.3 is 19.0 Å². The number of rotatable bonds is 7. The van der Waals surface area contributed by atoms with Gasteiger partial charge in [0.15, 0.2) is 0 Å². The first-order chi connectivity index (χ1) is 10.9. The first-order valence-electron chi connectivity index (χ1n) is 6.57. The van der Waals surface area contributed by atoms with Gasteiger partial charge in [0.05, 0.1) is 20.5 Å². The molecule has 0 aliphatic heterocycles. The minimum Gasteiger partial charge on any atom is -0.497 e. The van der Waals surface area contributed by atoms with Crippen molar-refractivity contribution in [1.29, 1.82) is 0 Å². The molecule has 2 rings (SSSR count). The zero-order valence-electron chi connectivity index (χ0n) is 12.9. The van der Waals surface area contributed by atoms with E-state index >= 15 is 0 Å². The number of nitrogens with zero attached hydrogens (tertiary/aromatic N) is 2. The largest absolute Gasteiger partial charge is 0.497 e. The summed E-state index contributed by atoms with van der Waals surface area (Å²) in [6.45, 7) is 0.419. The summed E-state index contributed by atoms with van der Waals surface area (Å²) in [5.41, 5.74) is 0.887. The smallest absolute Gasteiger partial charge is 0.307 e. The second kappa shape index (κ2) is 7.14. The molecule has 0 spiro atoms. The highest BCUT2D eigenvalue weighted by atomic mass is 32.2. The van der Waals surface area contributed by atoms with Gasteiger partial charge in [0.1, 0.15) is 23.6 Å². The van der Waals surface area contributed by atoms with Crippen molar-refractivity contribution < 1.29 is 22.1 Å². The van der Waals surface area contributed by atoms with Crippen molar-refractivity contribution >= 4 is 15.9 Å². The predicted octanol–water partition coefficient (Wildman–Crippen LogP) is 1.44. The minimum absolute atomic E-state index is 0.0494. The molecular weight excluding hydrogens is 322 g/mol. The summed E-state index contributed by atoms with van der Waals surface area (Å²) in [6.07, 6.45) is 2.17. The number of methoxy groups -OCH3 is 2. The van der Waals surface area contributed by atoms with Crippen LogP contribution in [0.3, 0.4) is 0 Å². The molecule has 0 fully saturated rings. The summed E-state index contributed by atoms with van der Waals surface area (Å²) in [5, 5.41) is 3.05. The Morgan fingerprint density at radius 3 is 2.57 bits per heavy atom. The second-order valence-electron chi connectivity index (χ2n) is 4.56. The van der Waals surface area contributed by atoms with Crippen molar-refractivity contribution in [1.82, 2.24) is 9.97 Å². The third kappa shape index (κ3) is 4.99. The van der Waals surface area contributed by atoms with Crippen LogP contribution in [0.5, 0.6) is 17.4 Å². The standard InChI is InChI=1S/C14H17N3O5S/c1-20-11-5-4-10(12(6-11)21-2)8-15-13-7-14(17-9-16-13)22-23(3,18)19/h4-7,9H,8H2,1-3H3,(H,15,16,17). The lowest BCUT2D eigenvalue weighted by atomic mass is 10.2. The lowest BCUT2D eigenvalue weighted by molar-refractivity contribution is 0.391. The highest BCUT2D eigenvalue weighted by molar-refractivity contribution is 7.86. The molecule has 0 bridgehead atoms. The van der Waals surface area contributed by atoms with Crippen LogP contribution in [0.15, 0.2) is 30.6 Å². The fraction of sp³-hybridized carbons (Fsp3) is 0.286. The van der Waals surface area contributed by atoms with Crippen LogP contribution in [0, 0.1) is 0 Å². The summed E-state index contributed by atoms with van der Waals surface area (Å²) < 4.78 is 37.4. The molecule has 0 radical (unpaired) electrons. The summed E-state index contributed by atoms with van der Waals surface area (Å²) in [5.74, 6) is 1.73. The number of aromatic nitrogens is 2. The van der Waals surface area contributed by atoms with Gasteiger partial charge in [-0.25, -0.2) is 9.97 Å². The number of hydrogen-bond acceptors (Lipinski definition) is 8. The molecule has 0 saturated heterocycles. The van der Waals surface area contributed by atoms with Gasteiger partial charge in [0, 0.05) is 24.2 Å². The van der Waals surface area contributed by atoms with Crippen molar-refractivity contribution in [2.75, 3.05) is 25.8 Å². The van der Waals surface area contributed by atoms with E-state index in [9.17, 15) is 8.42 Å². The SMILES string of the molecule is COc1ccc(CNc2cc(OS(C)(=O)=O)ncn2)c(OC)c1. The minimum atomic E-state index is -3.63. The van der Waals surface area contributed by atoms with Crippen LogP contribution in [0.1, 0.15) is 5.56 Å². The zero-order valence-corrected chi connectivity index (χ0v) is 13.8. The van der Waals surface area contributed by atoms with Crippen LogP contribution < -0.4 is 19.0 Å². The van der Waals surface area contributed by atoms with Crippen LogP contribution in [0.4, 0.5) is 5.82 Å². The normalized spacial score (nSPS) is 10.9. The van der Waals surface area contributed by atoms with Gasteiger partial charge in [-0.15, -0.1) is 0 Å². The molecule has 0 saturated carbocycles. The van der Waals surface area contributed by atoms with Crippen molar-refractivity contribution in [3.05, 3.63) is 36.2 Å². The topological polar surface area (TPSA) is 99.6 Å². The number of hydrogen-bond donors (Lipinski definition) is 1. The Morgan fingerprint density at radius 1 is 1.13 bits per heavy atom. The van der Waals surface area contributed by atoms with Gasteiger partial charge in [-0.3, -0.25) is 0 Å². The fourth-order valence-corrected chi connectivity index (χ4v) is 2.22. The highest BCUT2D eigenvalue weighted by Gasteiger charge is 2.08. The third-order valence-electron chi connectivity index (χ3n) is 2.83. The highest BCUT2D eigenvalue weighted by Crippen LogP contribution is 2.25. The van der Waals surface area contributed by atoms with Gasteiger partial charge in [0.25, 0.3) is 0 Å². The van der Waals surface area contributed by atoms with Crippen LogP contribution in [-0.4, -0.2) is 38.9 Å². The average molecular weight is 339 g/mol. The van der Waals surface area contributed by atoms with E-state index in [1.165, 1.54) is 12.4 Å². The molecule has 1 aromatic carbocycles. The van der Waals surface area contributed by atoms with Crippen molar-refractivity contribution in [2.45, 2.75) is 6.54 Å². The molecule has 1 N–H and O–H groups in total. The summed E-state index contributed by atoms with van der Waals surface area (Å²) in [4.78, 5) is 7.75. The summed E-state index contributed by atoms with van der Waals surface area (Å²) in [7, 11) is -0.481. The lowest BCUT2D eigenvalue weighted by Gasteiger charge is -2.12. The van der Waals surface area contributed by atoms with E-state index in [2.05, 4.69) is 15.3 Å². The Labute approximate surface area is 134 Å². The molecule has 0 amide bonds. The number of ether oxygens (including phenoxy) is 2. The Bertz CT molecular complexity index is 780. The molecule has 23 heavy (non-hydrogen) atoms. The molecule has 124 valence electrons. The Hall–Kier alpha value is -2.55. The molecule has 0 atom stereocenters. The van der Waals surface area contributed by atoms with E-state index in [0.29, 0.717) is 23.9 Å². The maximum atomic E-state index is 11.1. The van der Waals surface area contributed by atoms with Gasteiger partial charge in [-0.05, 0) is 12.1 Å². The monoisotopic (exact) mass is 339 g/mol. The molecular formula is C14H17N3O5S. The first kappa shape index (κ1) is 16.8. The lowest BCUT2D eigenvalue weighted by Crippen LogP contribution is -2.08. The van der Waals surface area contributed by atoms with E-state index < -0.39 is 10.1 Å².